The van der Waals surface area contributed by atoms with Crippen LogP contribution in [0.1, 0.15) is 31.0 Å². The Bertz CT molecular complexity index is 394. The minimum Gasteiger partial charge on any atom is -0.367 e. The highest BCUT2D eigenvalue weighted by molar-refractivity contribution is 5.59. The summed E-state index contributed by atoms with van der Waals surface area (Å²) in [5.74, 6) is 0. The zero-order chi connectivity index (χ0) is 11.5. The van der Waals surface area contributed by atoms with Crippen LogP contribution in [-0.2, 0) is 6.42 Å². The molecule has 0 fully saturated rings. The molecule has 2 nitrogen and oxygen atoms in total. The quantitative estimate of drug-likeness (QED) is 0.787. The zero-order valence-electron chi connectivity index (χ0n) is 10.1. The van der Waals surface area contributed by atoms with Gasteiger partial charge in [-0.05, 0) is 37.5 Å². The lowest BCUT2D eigenvalue weighted by Gasteiger charge is -2.17. The van der Waals surface area contributed by atoms with Gasteiger partial charge in [0.25, 0.3) is 0 Å². The smallest absolute Gasteiger partial charge is 0.0402 e. The number of anilines is 1. The van der Waals surface area contributed by atoms with E-state index in [9.17, 15) is 0 Å². The highest BCUT2D eigenvalue weighted by Crippen LogP contribution is 2.29. The molecule has 0 spiro atoms. The molecule has 2 rings (SSSR count). The van der Waals surface area contributed by atoms with Crippen molar-refractivity contribution in [1.82, 2.24) is 0 Å². The van der Waals surface area contributed by atoms with E-state index in [1.807, 2.05) is 6.92 Å². The molecule has 0 radical (unpaired) electrons. The molecule has 0 bridgehead atoms. The van der Waals surface area contributed by atoms with Crippen molar-refractivity contribution in [3.63, 3.8) is 0 Å². The van der Waals surface area contributed by atoms with Gasteiger partial charge >= 0.3 is 0 Å². The molecule has 86 valence electrons. The molecule has 2 heteroatoms. The van der Waals surface area contributed by atoms with Gasteiger partial charge in [-0.2, -0.15) is 0 Å². The average Bonchev–Trinajstić information content (AvgIpc) is 2.68. The molecular formula is C14H20N2. The number of nitrogens with two attached hydrogens (primary N) is 1. The van der Waals surface area contributed by atoms with Crippen molar-refractivity contribution >= 4 is 5.69 Å². The second kappa shape index (κ2) is 4.71. The van der Waals surface area contributed by atoms with E-state index in [2.05, 4.69) is 42.2 Å². The molecule has 1 atom stereocenters. The third-order valence-corrected chi connectivity index (χ3v) is 3.18. The molecule has 0 saturated heterocycles. The minimum atomic E-state index is 0.134. The van der Waals surface area contributed by atoms with Crippen LogP contribution >= 0.6 is 0 Å². The maximum atomic E-state index is 5.90. The minimum absolute atomic E-state index is 0.134. The molecule has 1 aromatic carbocycles. The van der Waals surface area contributed by atoms with Gasteiger partial charge in [0.05, 0.1) is 0 Å². The van der Waals surface area contributed by atoms with E-state index in [4.69, 9.17) is 5.73 Å². The fourth-order valence-electron chi connectivity index (χ4n) is 2.20. The Balaban J connectivity index is 2.22. The highest BCUT2D eigenvalue weighted by atomic mass is 15.1. The molecule has 1 aliphatic rings. The first-order valence-electron chi connectivity index (χ1n) is 5.97. The van der Waals surface area contributed by atoms with E-state index in [0.29, 0.717) is 0 Å². The zero-order valence-corrected chi connectivity index (χ0v) is 10.1. The van der Waals surface area contributed by atoms with Crippen LogP contribution < -0.4 is 10.6 Å². The van der Waals surface area contributed by atoms with E-state index < -0.39 is 0 Å². The maximum Gasteiger partial charge on any atom is 0.0402 e. The van der Waals surface area contributed by atoms with Crippen LogP contribution in [0.2, 0.25) is 0 Å². The van der Waals surface area contributed by atoms with E-state index >= 15 is 0 Å². The van der Waals surface area contributed by atoms with Crippen molar-refractivity contribution in [3.05, 3.63) is 41.5 Å². The number of rotatable bonds is 3. The lowest BCUT2D eigenvalue weighted by molar-refractivity contribution is 0.816. The predicted molar refractivity (Wildman–Crippen MR) is 69.8 cm³/mol. The van der Waals surface area contributed by atoms with Crippen LogP contribution in [0.15, 0.2) is 30.4 Å². The van der Waals surface area contributed by atoms with Crippen molar-refractivity contribution in [2.24, 2.45) is 5.73 Å². The Hall–Kier alpha value is -1.28. The monoisotopic (exact) mass is 216 g/mol. The molecule has 1 unspecified atom stereocenters. The van der Waals surface area contributed by atoms with Gasteiger partial charge < -0.3 is 10.6 Å². The van der Waals surface area contributed by atoms with Gasteiger partial charge in [-0.3, -0.25) is 0 Å². The normalized spacial score (nSPS) is 16.8. The van der Waals surface area contributed by atoms with Crippen LogP contribution in [0.5, 0.6) is 0 Å². The lowest BCUT2D eigenvalue weighted by atomic mass is 10.0. The van der Waals surface area contributed by atoms with Gasteiger partial charge in [0.2, 0.25) is 0 Å². The summed E-state index contributed by atoms with van der Waals surface area (Å²) in [6.45, 7) is 6.24. The van der Waals surface area contributed by atoms with E-state index in [1.165, 1.54) is 16.8 Å². The van der Waals surface area contributed by atoms with Crippen molar-refractivity contribution in [1.29, 1.82) is 0 Å². The third-order valence-electron chi connectivity index (χ3n) is 3.18. The van der Waals surface area contributed by atoms with Gasteiger partial charge in [-0.25, -0.2) is 0 Å². The number of allylic oxidation sites excluding steroid dienone is 1. The number of hydrogen-bond acceptors (Lipinski definition) is 2. The molecule has 1 heterocycles. The number of nitrogens with zero attached hydrogens (tertiary/aromatic N) is 1. The Labute approximate surface area is 97.8 Å². The van der Waals surface area contributed by atoms with E-state index in [-0.39, 0.29) is 6.04 Å². The van der Waals surface area contributed by atoms with Crippen LogP contribution in [0, 0.1) is 0 Å². The Kier molecular flexibility index (Phi) is 3.30. The first-order valence-corrected chi connectivity index (χ1v) is 5.97. The van der Waals surface area contributed by atoms with Crippen LogP contribution in [0.25, 0.3) is 0 Å². The molecule has 2 N–H and O–H groups in total. The van der Waals surface area contributed by atoms with Gasteiger partial charge in [0.15, 0.2) is 0 Å². The third kappa shape index (κ3) is 2.12. The fraction of sp³-hybridized carbons (Fsp3) is 0.429. The first-order chi connectivity index (χ1) is 7.72. The Morgan fingerprint density at radius 3 is 3.00 bits per heavy atom. The highest BCUT2D eigenvalue weighted by Gasteiger charge is 2.18. The van der Waals surface area contributed by atoms with Crippen LogP contribution in [0.4, 0.5) is 5.69 Å². The first kappa shape index (κ1) is 11.2. The summed E-state index contributed by atoms with van der Waals surface area (Å²) < 4.78 is 0. The summed E-state index contributed by atoms with van der Waals surface area (Å²) in [4.78, 5) is 2.42. The molecular weight excluding hydrogens is 196 g/mol. The molecule has 0 amide bonds. The lowest BCUT2D eigenvalue weighted by Crippen LogP contribution is -2.20. The maximum absolute atomic E-state index is 5.90. The molecule has 0 aromatic heterocycles. The van der Waals surface area contributed by atoms with Gasteiger partial charge in [-0.1, -0.05) is 24.3 Å². The van der Waals surface area contributed by atoms with Crippen molar-refractivity contribution < 1.29 is 0 Å². The van der Waals surface area contributed by atoms with Gasteiger partial charge in [0.1, 0.15) is 0 Å². The van der Waals surface area contributed by atoms with Crippen molar-refractivity contribution in [2.75, 3.05) is 18.0 Å². The molecule has 0 saturated carbocycles. The number of fused-ring (bicyclic) bond motifs is 1. The largest absolute Gasteiger partial charge is 0.367 e. The summed E-state index contributed by atoms with van der Waals surface area (Å²) in [6, 6.07) is 6.76. The second-order valence-electron chi connectivity index (χ2n) is 4.44. The summed E-state index contributed by atoms with van der Waals surface area (Å²) in [7, 11) is 0. The van der Waals surface area contributed by atoms with Crippen LogP contribution in [0.3, 0.4) is 0 Å². The van der Waals surface area contributed by atoms with Crippen LogP contribution in [-0.4, -0.2) is 13.1 Å². The Morgan fingerprint density at radius 2 is 2.31 bits per heavy atom. The second-order valence-corrected chi connectivity index (χ2v) is 4.44. The fourth-order valence-corrected chi connectivity index (χ4v) is 2.20. The van der Waals surface area contributed by atoms with Crippen molar-refractivity contribution in [2.45, 2.75) is 26.3 Å². The average molecular weight is 216 g/mol. The molecule has 16 heavy (non-hydrogen) atoms. The molecule has 1 aliphatic heterocycles. The topological polar surface area (TPSA) is 29.3 Å². The van der Waals surface area contributed by atoms with E-state index in [0.717, 1.165) is 19.5 Å². The van der Waals surface area contributed by atoms with Crippen molar-refractivity contribution in [3.8, 4) is 0 Å². The van der Waals surface area contributed by atoms with Gasteiger partial charge in [0, 0.05) is 24.8 Å². The number of hydrogen-bond donors (Lipinski definition) is 1. The van der Waals surface area contributed by atoms with Gasteiger partial charge in [-0.15, -0.1) is 0 Å². The predicted octanol–water partition coefficient (Wildman–Crippen LogP) is 2.64. The summed E-state index contributed by atoms with van der Waals surface area (Å²) in [5.41, 5.74) is 9.96. The molecule has 1 aromatic rings. The summed E-state index contributed by atoms with van der Waals surface area (Å²) in [5, 5.41) is 0. The summed E-state index contributed by atoms with van der Waals surface area (Å²) in [6.07, 6.45) is 5.45. The standard InChI is InChI=1S/C14H20N2/c1-3-4-8-16-9-7-13-10-12(11(2)15)5-6-14(13)16/h3-6,10-11H,7-9,15H2,1-2H3/b4-3+. The SMILES string of the molecule is C/C=C/CN1CCc2cc(C(C)N)ccc21. The Morgan fingerprint density at radius 1 is 1.50 bits per heavy atom. The molecule has 0 aliphatic carbocycles. The van der Waals surface area contributed by atoms with E-state index in [1.54, 1.807) is 0 Å². The summed E-state index contributed by atoms with van der Waals surface area (Å²) >= 11 is 0. The number of benzene rings is 1.